The molecule has 0 bridgehead atoms. The molecular formula is C44H54F3N5O3Si. The number of alkyl halides is 1. The first-order valence-corrected chi connectivity index (χ1v) is 21.4. The topological polar surface area (TPSA) is 83.8 Å². The Morgan fingerprint density at radius 3 is 2.62 bits per heavy atom. The molecular weight excluding hydrogens is 732 g/mol. The van der Waals surface area contributed by atoms with Crippen LogP contribution < -0.4 is 9.64 Å². The lowest BCUT2D eigenvalue weighted by Gasteiger charge is -2.40. The maximum Gasteiger partial charge on any atom is 0.318 e. The van der Waals surface area contributed by atoms with E-state index in [1.54, 1.807) is 4.90 Å². The quantitative estimate of drug-likeness (QED) is 0.140. The van der Waals surface area contributed by atoms with Gasteiger partial charge in [0.05, 0.1) is 50.5 Å². The van der Waals surface area contributed by atoms with Gasteiger partial charge in [-0.05, 0) is 66.0 Å². The van der Waals surface area contributed by atoms with Gasteiger partial charge < -0.3 is 24.4 Å². The molecule has 0 spiro atoms. The van der Waals surface area contributed by atoms with E-state index in [1.165, 1.54) is 37.4 Å². The van der Waals surface area contributed by atoms with E-state index >= 15 is 8.78 Å². The van der Waals surface area contributed by atoms with Gasteiger partial charge in [-0.2, -0.15) is 9.97 Å². The molecule has 7 rings (SSSR count). The molecule has 8 nitrogen and oxygen atoms in total. The van der Waals surface area contributed by atoms with Gasteiger partial charge in [-0.15, -0.1) is 5.54 Å². The highest BCUT2D eigenvalue weighted by Crippen LogP contribution is 2.46. The lowest BCUT2D eigenvalue weighted by atomic mass is 9.78. The molecule has 1 saturated carbocycles. The molecule has 2 saturated heterocycles. The zero-order valence-corrected chi connectivity index (χ0v) is 33.8. The molecule has 2 aliphatic heterocycles. The molecule has 2 aromatic carbocycles. The lowest BCUT2D eigenvalue weighted by Crippen LogP contribution is -2.44. The number of pyridine rings is 1. The number of halogens is 3. The summed E-state index contributed by atoms with van der Waals surface area (Å²) in [5, 5.41) is 11.7. The van der Waals surface area contributed by atoms with Gasteiger partial charge in [0.25, 0.3) is 0 Å². The van der Waals surface area contributed by atoms with Crippen LogP contribution in [-0.4, -0.2) is 91.6 Å². The second-order valence-electron chi connectivity index (χ2n) is 16.4. The van der Waals surface area contributed by atoms with Crippen LogP contribution in [0.15, 0.2) is 42.4 Å². The molecule has 1 N–H and O–H groups in total. The van der Waals surface area contributed by atoms with Crippen LogP contribution in [0, 0.1) is 35.5 Å². The third-order valence-electron chi connectivity index (χ3n) is 12.1. The maximum atomic E-state index is 16.3. The van der Waals surface area contributed by atoms with Crippen molar-refractivity contribution in [1.82, 2.24) is 19.9 Å². The third-order valence-corrected chi connectivity index (χ3v) is 18.4. The van der Waals surface area contributed by atoms with E-state index in [2.05, 4.69) is 68.0 Å². The molecule has 2 aromatic heterocycles. The van der Waals surface area contributed by atoms with Crippen LogP contribution in [0.25, 0.3) is 32.9 Å². The second kappa shape index (κ2) is 15.3. The van der Waals surface area contributed by atoms with Gasteiger partial charge in [0, 0.05) is 61.9 Å². The number of rotatable bonds is 8. The van der Waals surface area contributed by atoms with Gasteiger partial charge in [0.1, 0.15) is 38.2 Å². The summed E-state index contributed by atoms with van der Waals surface area (Å²) in [5.74, 6) is 1.69. The van der Waals surface area contributed by atoms with Crippen molar-refractivity contribution >= 4 is 35.6 Å². The summed E-state index contributed by atoms with van der Waals surface area (Å²) in [4.78, 5) is 16.4. The highest BCUT2D eigenvalue weighted by Gasteiger charge is 2.56. The van der Waals surface area contributed by atoms with Gasteiger partial charge in [-0.3, -0.25) is 4.98 Å². The number of hydrogen-bond donors (Lipinski definition) is 1. The van der Waals surface area contributed by atoms with Gasteiger partial charge in [0.2, 0.25) is 0 Å². The van der Waals surface area contributed by atoms with Crippen LogP contribution in [0.1, 0.15) is 77.0 Å². The standard InChI is InChI=1S/C44H54F3N5O3Si/c1-25(2)56(26(3)4,27(5)6)17-13-32-36(46)11-10-29-18-31(53)19-33(37(29)32)39-28(7)40-34(21-48-39)42(52-15-16-54-22-35-38(47)41(35)52)50-43(49-40)55-24-44(8)23-51(9)14-12-30(44)20-45/h10-11,18-21,25-27,35,38,41,53H,12,14-16,22-24H2,1-9H3/b30-20+/t35-,38-,41-,44-/m0/s1/i7D3,9D3,24D2. The summed E-state index contributed by atoms with van der Waals surface area (Å²) >= 11 is 0. The lowest BCUT2D eigenvalue weighted by molar-refractivity contribution is 0.109. The molecule has 3 aliphatic rings. The van der Waals surface area contributed by atoms with Gasteiger partial charge in [0.15, 0.2) is 0 Å². The molecule has 4 atom stereocenters. The fourth-order valence-electron chi connectivity index (χ4n) is 9.07. The van der Waals surface area contributed by atoms with Crippen molar-refractivity contribution in [2.45, 2.75) is 90.6 Å². The van der Waals surface area contributed by atoms with Gasteiger partial charge in [-0.1, -0.05) is 60.5 Å². The molecule has 0 amide bonds. The number of aromatic nitrogens is 3. The Kier molecular flexibility index (Phi) is 8.43. The van der Waals surface area contributed by atoms with Crippen molar-refractivity contribution in [3.8, 4) is 34.5 Å². The smallest absolute Gasteiger partial charge is 0.318 e. The van der Waals surface area contributed by atoms with Crippen molar-refractivity contribution in [2.24, 2.45) is 11.3 Å². The second-order valence-corrected chi connectivity index (χ2v) is 22.0. The first-order valence-electron chi connectivity index (χ1n) is 23.2. The van der Waals surface area contributed by atoms with Crippen LogP contribution in [0.4, 0.5) is 19.0 Å². The molecule has 12 heteroatoms. The van der Waals surface area contributed by atoms with Crippen molar-refractivity contribution < 1.29 is 38.7 Å². The first kappa shape index (κ1) is 30.9. The van der Waals surface area contributed by atoms with Crippen LogP contribution in [-0.2, 0) is 4.74 Å². The monoisotopic (exact) mass is 793 g/mol. The van der Waals surface area contributed by atoms with Crippen LogP contribution in [0.5, 0.6) is 11.8 Å². The number of phenols is 1. The van der Waals surface area contributed by atoms with Gasteiger partial charge in [-0.25, -0.2) is 13.2 Å². The van der Waals surface area contributed by atoms with Crippen molar-refractivity contribution in [2.75, 3.05) is 51.3 Å². The number of hydrogen-bond acceptors (Lipinski definition) is 8. The number of aryl methyl sites for hydroxylation is 1. The third kappa shape index (κ3) is 6.94. The number of phenolic OH excluding ortho intramolecular Hbond substituents is 1. The summed E-state index contributed by atoms with van der Waals surface area (Å²) in [6.45, 7) is 5.25. The Hall–Kier alpha value is -4.18. The number of anilines is 1. The van der Waals surface area contributed by atoms with Crippen LogP contribution >= 0.6 is 0 Å². The summed E-state index contributed by atoms with van der Waals surface area (Å²) in [6, 6.07) is 3.97. The fourth-order valence-corrected chi connectivity index (χ4v) is 14.3. The van der Waals surface area contributed by atoms with Crippen molar-refractivity contribution in [1.29, 1.82) is 0 Å². The number of fused-ring (bicyclic) bond motifs is 3. The Bertz CT molecular complexity index is 2540. The summed E-state index contributed by atoms with van der Waals surface area (Å²) < 4.78 is 127. The van der Waals surface area contributed by atoms with E-state index in [9.17, 15) is 12.2 Å². The number of likely N-dealkylation sites (tertiary alicyclic amines) is 1. The zero-order chi connectivity index (χ0) is 47.1. The van der Waals surface area contributed by atoms with Crippen LogP contribution in [0.3, 0.4) is 0 Å². The fraction of sp³-hybridized carbons (Fsp3) is 0.523. The predicted octanol–water partition coefficient (Wildman–Crippen LogP) is 9.31. The van der Waals surface area contributed by atoms with E-state index < -0.39 is 75.9 Å². The van der Waals surface area contributed by atoms with E-state index in [0.29, 0.717) is 5.39 Å². The molecule has 298 valence electrons. The van der Waals surface area contributed by atoms with E-state index in [0.717, 1.165) is 4.90 Å². The Morgan fingerprint density at radius 2 is 1.93 bits per heavy atom. The Labute approximate surface area is 340 Å². The van der Waals surface area contributed by atoms with E-state index in [4.69, 9.17) is 17.7 Å². The highest BCUT2D eigenvalue weighted by atomic mass is 28.3. The minimum atomic E-state index is -3.05. The Balaban J connectivity index is 1.52. The number of aromatic hydroxyl groups is 1. The molecule has 1 aliphatic carbocycles. The predicted molar refractivity (Wildman–Crippen MR) is 220 cm³/mol. The van der Waals surface area contributed by atoms with E-state index in [1.807, 2.05) is 0 Å². The molecule has 0 radical (unpaired) electrons. The Morgan fingerprint density at radius 1 is 1.16 bits per heavy atom. The minimum Gasteiger partial charge on any atom is -0.508 e. The maximum absolute atomic E-state index is 16.3. The zero-order valence-electron chi connectivity index (χ0n) is 40.8. The summed E-state index contributed by atoms with van der Waals surface area (Å²) in [7, 11) is -2.44. The SMILES string of the molecule is [2H]C([2H])([2H])c1c(-c2cc(O)cc3ccc(F)c(C#C[Si](C(C)C)(C(C)C)C(C)C)c23)ncc2c(N3CCOC[C@H]4[C@H](F)[C@H]43)nc(OC([2H])([2H])[C@]3(C)CN(C([2H])([2H])[2H])CC/C3=C\F)nc12. The van der Waals surface area contributed by atoms with Crippen LogP contribution in [0.2, 0.25) is 16.6 Å². The van der Waals surface area contributed by atoms with E-state index in [-0.39, 0.29) is 106 Å². The molecule has 0 unspecified atom stereocenters. The average molecular weight is 794 g/mol. The first-order chi connectivity index (χ1) is 29.8. The molecule has 56 heavy (non-hydrogen) atoms. The molecule has 3 fully saturated rings. The summed E-state index contributed by atoms with van der Waals surface area (Å²) in [5.41, 5.74) is 1.23. The highest BCUT2D eigenvalue weighted by molar-refractivity contribution is 6.90. The largest absolute Gasteiger partial charge is 0.508 e. The normalized spacial score (nSPS) is 26.7. The van der Waals surface area contributed by atoms with Gasteiger partial charge >= 0.3 is 6.01 Å². The summed E-state index contributed by atoms with van der Waals surface area (Å²) in [6.07, 6.45) is 0.0702. The number of piperidine rings is 1. The van der Waals surface area contributed by atoms with Crippen molar-refractivity contribution in [3.63, 3.8) is 0 Å². The number of nitrogens with zero attached hydrogens (tertiary/aromatic N) is 5. The number of benzene rings is 2. The minimum absolute atomic E-state index is 0.00723. The molecule has 4 aromatic rings. The molecule has 4 heterocycles. The van der Waals surface area contributed by atoms with Crippen molar-refractivity contribution in [3.05, 3.63) is 59.3 Å². The average Bonchev–Trinajstić information content (AvgIpc) is 3.89. The number of ether oxygens (including phenoxy) is 2.